The Bertz CT molecular complexity index is 894. The molecule has 2 heterocycles. The molecule has 156 valence electrons. The molecule has 1 aliphatic rings. The summed E-state index contributed by atoms with van der Waals surface area (Å²) in [5.74, 6) is -3.29. The van der Waals surface area contributed by atoms with Crippen LogP contribution in [0.1, 0.15) is 19.8 Å². The Morgan fingerprint density at radius 2 is 2.31 bits per heavy atom. The molecule has 1 aliphatic carbocycles. The molecule has 0 bridgehead atoms. The molecule has 29 heavy (non-hydrogen) atoms. The highest BCUT2D eigenvalue weighted by molar-refractivity contribution is 8.15. The van der Waals surface area contributed by atoms with Crippen molar-refractivity contribution in [1.29, 1.82) is 0 Å². The maximum atomic E-state index is 13.1. The first kappa shape index (κ1) is 21.5. The van der Waals surface area contributed by atoms with Crippen LogP contribution in [0.25, 0.3) is 5.69 Å². The van der Waals surface area contributed by atoms with Crippen LogP contribution in [0, 0.1) is 5.92 Å². The van der Waals surface area contributed by atoms with Gasteiger partial charge in [0.2, 0.25) is 5.04 Å². The SMILES string of the molecule is CCN(C(=O)/C(=N\OC)SCCC1CC1(F)F)c1cn(-c2cccnc2)nc1Cl. The lowest BCUT2D eigenvalue weighted by Crippen LogP contribution is -2.35. The lowest BCUT2D eigenvalue weighted by atomic mass is 10.3. The molecule has 0 aliphatic heterocycles. The molecule has 11 heteroatoms. The number of pyridine rings is 1. The van der Waals surface area contributed by atoms with Gasteiger partial charge in [0.25, 0.3) is 11.8 Å². The average Bonchev–Trinajstić information content (AvgIpc) is 3.13. The van der Waals surface area contributed by atoms with Crippen molar-refractivity contribution < 1.29 is 18.4 Å². The summed E-state index contributed by atoms with van der Waals surface area (Å²) in [6.07, 6.45) is 5.09. The second-order valence-electron chi connectivity index (χ2n) is 6.39. The van der Waals surface area contributed by atoms with Crippen molar-refractivity contribution >= 4 is 40.0 Å². The van der Waals surface area contributed by atoms with E-state index in [4.69, 9.17) is 16.4 Å². The van der Waals surface area contributed by atoms with E-state index in [-0.39, 0.29) is 16.6 Å². The highest BCUT2D eigenvalue weighted by Gasteiger charge is 2.55. The second kappa shape index (κ2) is 9.08. The van der Waals surface area contributed by atoms with Crippen molar-refractivity contribution in [3.63, 3.8) is 0 Å². The Morgan fingerprint density at radius 1 is 1.55 bits per heavy atom. The Hall–Kier alpha value is -2.20. The van der Waals surface area contributed by atoms with Gasteiger partial charge >= 0.3 is 0 Å². The number of nitrogens with zero attached hydrogens (tertiary/aromatic N) is 5. The monoisotopic (exact) mass is 443 g/mol. The summed E-state index contributed by atoms with van der Waals surface area (Å²) in [7, 11) is 1.33. The van der Waals surface area contributed by atoms with Gasteiger partial charge in [0.1, 0.15) is 12.8 Å². The number of hydrogen-bond donors (Lipinski definition) is 0. The largest absolute Gasteiger partial charge is 0.398 e. The minimum atomic E-state index is -2.58. The summed E-state index contributed by atoms with van der Waals surface area (Å²) in [5, 5.41) is 8.24. The van der Waals surface area contributed by atoms with Crippen LogP contribution >= 0.6 is 23.4 Å². The van der Waals surface area contributed by atoms with Gasteiger partial charge in [-0.05, 0) is 25.5 Å². The van der Waals surface area contributed by atoms with Gasteiger partial charge in [0, 0.05) is 30.8 Å². The molecule has 0 radical (unpaired) electrons. The number of anilines is 1. The number of halogens is 3. The predicted molar refractivity (Wildman–Crippen MR) is 109 cm³/mol. The molecular formula is C18H20ClF2N5O2S. The van der Waals surface area contributed by atoms with Gasteiger partial charge in [-0.15, -0.1) is 0 Å². The first-order valence-corrected chi connectivity index (χ1v) is 10.3. The van der Waals surface area contributed by atoms with Crippen molar-refractivity contribution in [1.82, 2.24) is 14.8 Å². The fourth-order valence-electron chi connectivity index (χ4n) is 2.78. The minimum absolute atomic E-state index is 0.0727. The quantitative estimate of drug-likeness (QED) is 0.367. The third-order valence-corrected chi connectivity index (χ3v) is 5.66. The number of amides is 1. The van der Waals surface area contributed by atoms with Crippen LogP contribution in [-0.2, 0) is 9.63 Å². The molecule has 1 unspecified atom stereocenters. The third-order valence-electron chi connectivity index (χ3n) is 4.43. The van der Waals surface area contributed by atoms with Gasteiger partial charge in [0.15, 0.2) is 5.15 Å². The minimum Gasteiger partial charge on any atom is -0.398 e. The Kier molecular flexibility index (Phi) is 6.74. The van der Waals surface area contributed by atoms with Crippen LogP contribution in [-0.4, -0.2) is 51.0 Å². The lowest BCUT2D eigenvalue weighted by molar-refractivity contribution is -0.112. The van der Waals surface area contributed by atoms with Crippen LogP contribution < -0.4 is 4.90 Å². The first-order valence-electron chi connectivity index (χ1n) is 8.96. The number of carbonyl (C=O) groups excluding carboxylic acids is 1. The van der Waals surface area contributed by atoms with Crippen LogP contribution in [0.5, 0.6) is 0 Å². The van der Waals surface area contributed by atoms with Crippen molar-refractivity contribution in [2.45, 2.75) is 25.7 Å². The second-order valence-corrected chi connectivity index (χ2v) is 7.83. The molecule has 0 N–H and O–H groups in total. The normalized spacial score (nSPS) is 17.8. The Balaban J connectivity index is 1.74. The van der Waals surface area contributed by atoms with E-state index in [0.717, 1.165) is 11.8 Å². The van der Waals surface area contributed by atoms with Gasteiger partial charge < -0.3 is 9.74 Å². The number of rotatable bonds is 7. The zero-order valence-electron chi connectivity index (χ0n) is 15.9. The van der Waals surface area contributed by atoms with Crippen molar-refractivity contribution in [3.8, 4) is 5.69 Å². The number of hydrogen-bond acceptors (Lipinski definition) is 6. The molecule has 1 fully saturated rings. The third kappa shape index (κ3) is 5.05. The molecule has 1 saturated carbocycles. The summed E-state index contributed by atoms with van der Waals surface area (Å²) in [5.41, 5.74) is 1.09. The van der Waals surface area contributed by atoms with Crippen LogP contribution in [0.3, 0.4) is 0 Å². The molecule has 0 spiro atoms. The van der Waals surface area contributed by atoms with Gasteiger partial charge in [-0.3, -0.25) is 9.78 Å². The lowest BCUT2D eigenvalue weighted by Gasteiger charge is -2.19. The van der Waals surface area contributed by atoms with Crippen molar-refractivity contribution in [3.05, 3.63) is 35.9 Å². The molecular weight excluding hydrogens is 424 g/mol. The van der Waals surface area contributed by atoms with E-state index in [1.165, 1.54) is 16.7 Å². The zero-order valence-corrected chi connectivity index (χ0v) is 17.5. The topological polar surface area (TPSA) is 72.6 Å². The Morgan fingerprint density at radius 3 is 2.90 bits per heavy atom. The van der Waals surface area contributed by atoms with Gasteiger partial charge in [0.05, 0.1) is 18.1 Å². The molecule has 3 rings (SSSR count). The summed E-state index contributed by atoms with van der Waals surface area (Å²) in [6.45, 7) is 2.09. The van der Waals surface area contributed by atoms with Crippen LogP contribution in [0.2, 0.25) is 5.15 Å². The molecule has 7 nitrogen and oxygen atoms in total. The van der Waals surface area contributed by atoms with Crippen molar-refractivity contribution in [2.75, 3.05) is 24.3 Å². The highest BCUT2D eigenvalue weighted by atomic mass is 35.5. The summed E-state index contributed by atoms with van der Waals surface area (Å²) in [4.78, 5) is 23.3. The highest BCUT2D eigenvalue weighted by Crippen LogP contribution is 2.51. The van der Waals surface area contributed by atoms with Gasteiger partial charge in [-0.25, -0.2) is 13.5 Å². The average molecular weight is 444 g/mol. The summed E-state index contributed by atoms with van der Waals surface area (Å²) >= 11 is 7.36. The molecule has 0 aromatic carbocycles. The number of alkyl halides is 2. The predicted octanol–water partition coefficient (Wildman–Crippen LogP) is 4.01. The molecule has 1 amide bonds. The number of thioether (sulfide) groups is 1. The van der Waals surface area contributed by atoms with Crippen LogP contribution in [0.15, 0.2) is 35.9 Å². The number of oxime groups is 1. The van der Waals surface area contributed by atoms with E-state index in [2.05, 4.69) is 15.2 Å². The summed E-state index contributed by atoms with van der Waals surface area (Å²) < 4.78 is 27.6. The van der Waals surface area contributed by atoms with E-state index in [0.29, 0.717) is 30.1 Å². The maximum absolute atomic E-state index is 13.1. The zero-order chi connectivity index (χ0) is 21.0. The number of carbonyl (C=O) groups is 1. The van der Waals surface area contributed by atoms with E-state index >= 15 is 0 Å². The fraction of sp³-hybridized carbons (Fsp3) is 0.444. The van der Waals surface area contributed by atoms with Crippen LogP contribution in [0.4, 0.5) is 14.5 Å². The van der Waals surface area contributed by atoms with E-state index in [1.807, 2.05) is 0 Å². The van der Waals surface area contributed by atoms with E-state index in [9.17, 15) is 13.6 Å². The Labute approximate surface area is 176 Å². The molecule has 0 saturated heterocycles. The van der Waals surface area contributed by atoms with Crippen molar-refractivity contribution in [2.24, 2.45) is 11.1 Å². The molecule has 2 aromatic rings. The van der Waals surface area contributed by atoms with E-state index < -0.39 is 17.7 Å². The standard InChI is InChI=1S/C18H20ClF2N5O2S/c1-3-25(14-11-26(23-15(14)19)13-5-4-7-22-10-13)17(27)16(24-28-2)29-8-6-12-9-18(12,20)21/h4-5,7,10-12H,3,6,8-9H2,1-2H3/b24-16+. The first-order chi connectivity index (χ1) is 13.9. The van der Waals surface area contributed by atoms with Gasteiger partial charge in [-0.2, -0.15) is 5.10 Å². The van der Waals surface area contributed by atoms with E-state index in [1.54, 1.807) is 37.6 Å². The molecule has 1 atom stereocenters. The molecule has 2 aromatic heterocycles. The summed E-state index contributed by atoms with van der Waals surface area (Å²) in [6, 6.07) is 3.57. The fourth-order valence-corrected chi connectivity index (χ4v) is 3.96. The smallest absolute Gasteiger partial charge is 0.287 e. The number of aromatic nitrogens is 3. The maximum Gasteiger partial charge on any atom is 0.287 e. The van der Waals surface area contributed by atoms with Gasteiger partial charge in [-0.1, -0.05) is 28.5 Å².